The van der Waals surface area contributed by atoms with Gasteiger partial charge in [0.1, 0.15) is 0 Å². The van der Waals surface area contributed by atoms with Crippen molar-refractivity contribution in [1.82, 2.24) is 10.2 Å². The summed E-state index contributed by atoms with van der Waals surface area (Å²) >= 11 is 0. The molecule has 0 radical (unpaired) electrons. The van der Waals surface area contributed by atoms with Gasteiger partial charge in [-0.3, -0.25) is 0 Å². The van der Waals surface area contributed by atoms with E-state index in [1.807, 2.05) is 12.1 Å². The van der Waals surface area contributed by atoms with Crippen LogP contribution in [0.1, 0.15) is 37.8 Å². The quantitative estimate of drug-likeness (QED) is 0.748. The van der Waals surface area contributed by atoms with Crippen LogP contribution >= 0.6 is 0 Å². The number of nitrogens with zero attached hydrogens (tertiary/aromatic N) is 1. The van der Waals surface area contributed by atoms with Gasteiger partial charge >= 0.3 is 0 Å². The zero-order chi connectivity index (χ0) is 15.3. The Morgan fingerprint density at radius 2 is 1.86 bits per heavy atom. The maximum atomic E-state index is 11.2. The molecule has 5 nitrogen and oxygen atoms in total. The fourth-order valence-electron chi connectivity index (χ4n) is 2.69. The van der Waals surface area contributed by atoms with E-state index in [0.717, 1.165) is 25.1 Å². The van der Waals surface area contributed by atoms with Crippen LogP contribution < -0.4 is 10.5 Å². The SMILES string of the molecule is CC(NCCCN1CCCC1)c1ccc(S(N)(=O)=O)cc1. The molecule has 3 N–H and O–H groups in total. The molecule has 118 valence electrons. The number of hydrogen-bond donors (Lipinski definition) is 2. The lowest BCUT2D eigenvalue weighted by Gasteiger charge is -2.17. The van der Waals surface area contributed by atoms with Crippen molar-refractivity contribution >= 4 is 10.0 Å². The van der Waals surface area contributed by atoms with Gasteiger partial charge in [-0.15, -0.1) is 0 Å². The minimum atomic E-state index is -3.60. The Kier molecular flexibility index (Phi) is 5.75. The van der Waals surface area contributed by atoms with Crippen molar-refractivity contribution in [3.8, 4) is 0 Å². The predicted molar refractivity (Wildman–Crippen MR) is 84.5 cm³/mol. The molecule has 1 unspecified atom stereocenters. The fourth-order valence-corrected chi connectivity index (χ4v) is 3.21. The second-order valence-corrected chi connectivity index (χ2v) is 7.25. The Morgan fingerprint density at radius 1 is 1.24 bits per heavy atom. The first-order valence-corrected chi connectivity index (χ1v) is 9.10. The molecule has 1 atom stereocenters. The Hall–Kier alpha value is -0.950. The molecule has 0 aliphatic carbocycles. The Labute approximate surface area is 127 Å². The number of benzene rings is 1. The van der Waals surface area contributed by atoms with Crippen molar-refractivity contribution in [3.05, 3.63) is 29.8 Å². The summed E-state index contributed by atoms with van der Waals surface area (Å²) in [6.45, 7) is 6.69. The second-order valence-electron chi connectivity index (χ2n) is 5.69. The summed E-state index contributed by atoms with van der Waals surface area (Å²) < 4.78 is 22.4. The van der Waals surface area contributed by atoms with Gasteiger partial charge in [0.05, 0.1) is 4.90 Å². The fraction of sp³-hybridized carbons (Fsp3) is 0.600. The van der Waals surface area contributed by atoms with Gasteiger partial charge in [-0.2, -0.15) is 0 Å². The summed E-state index contributed by atoms with van der Waals surface area (Å²) in [5, 5.41) is 8.57. The third-order valence-electron chi connectivity index (χ3n) is 4.01. The van der Waals surface area contributed by atoms with Crippen LogP contribution in [-0.2, 0) is 10.0 Å². The minimum Gasteiger partial charge on any atom is -0.310 e. The van der Waals surface area contributed by atoms with E-state index in [2.05, 4.69) is 17.1 Å². The maximum absolute atomic E-state index is 11.2. The summed E-state index contributed by atoms with van der Waals surface area (Å²) in [6, 6.07) is 6.97. The van der Waals surface area contributed by atoms with Gasteiger partial charge in [0.2, 0.25) is 10.0 Å². The zero-order valence-corrected chi connectivity index (χ0v) is 13.4. The largest absolute Gasteiger partial charge is 0.310 e. The van der Waals surface area contributed by atoms with Gasteiger partial charge in [-0.25, -0.2) is 13.6 Å². The molecule has 1 aromatic carbocycles. The number of hydrogen-bond acceptors (Lipinski definition) is 4. The average Bonchev–Trinajstić information content (AvgIpc) is 2.96. The highest BCUT2D eigenvalue weighted by Crippen LogP contribution is 2.15. The zero-order valence-electron chi connectivity index (χ0n) is 12.6. The smallest absolute Gasteiger partial charge is 0.238 e. The van der Waals surface area contributed by atoms with Gasteiger partial charge in [0.15, 0.2) is 0 Å². The van der Waals surface area contributed by atoms with Gasteiger partial charge in [-0.05, 0) is 70.1 Å². The number of likely N-dealkylation sites (tertiary alicyclic amines) is 1. The van der Waals surface area contributed by atoms with E-state index in [1.165, 1.54) is 25.9 Å². The summed E-state index contributed by atoms with van der Waals surface area (Å²) in [5.41, 5.74) is 1.07. The molecule has 1 aliphatic rings. The van der Waals surface area contributed by atoms with Gasteiger partial charge < -0.3 is 10.2 Å². The summed E-state index contributed by atoms with van der Waals surface area (Å²) in [7, 11) is -3.60. The van der Waals surface area contributed by atoms with E-state index in [1.54, 1.807) is 12.1 Å². The van der Waals surface area contributed by atoms with Crippen LogP contribution in [0.25, 0.3) is 0 Å². The first-order valence-electron chi connectivity index (χ1n) is 7.55. The maximum Gasteiger partial charge on any atom is 0.238 e. The number of sulfonamides is 1. The van der Waals surface area contributed by atoms with Crippen molar-refractivity contribution in [3.63, 3.8) is 0 Å². The highest BCUT2D eigenvalue weighted by molar-refractivity contribution is 7.89. The second kappa shape index (κ2) is 7.35. The molecule has 0 saturated carbocycles. The lowest BCUT2D eigenvalue weighted by atomic mass is 10.1. The molecule has 21 heavy (non-hydrogen) atoms. The first-order chi connectivity index (χ1) is 9.97. The van der Waals surface area contributed by atoms with Crippen LogP contribution in [0.5, 0.6) is 0 Å². The van der Waals surface area contributed by atoms with Crippen LogP contribution in [0.15, 0.2) is 29.2 Å². The van der Waals surface area contributed by atoms with Crippen LogP contribution in [0.4, 0.5) is 0 Å². The summed E-state index contributed by atoms with van der Waals surface area (Å²) in [6.07, 6.45) is 3.81. The third-order valence-corrected chi connectivity index (χ3v) is 4.94. The molecular weight excluding hydrogens is 286 g/mol. The van der Waals surface area contributed by atoms with Crippen molar-refractivity contribution in [1.29, 1.82) is 0 Å². The monoisotopic (exact) mass is 311 g/mol. The lowest BCUT2D eigenvalue weighted by molar-refractivity contribution is 0.328. The van der Waals surface area contributed by atoms with E-state index in [9.17, 15) is 8.42 Å². The topological polar surface area (TPSA) is 75.4 Å². The summed E-state index contributed by atoms with van der Waals surface area (Å²) in [5.74, 6) is 0. The van der Waals surface area contributed by atoms with Gasteiger partial charge in [0, 0.05) is 6.04 Å². The van der Waals surface area contributed by atoms with E-state index < -0.39 is 10.0 Å². The summed E-state index contributed by atoms with van der Waals surface area (Å²) in [4.78, 5) is 2.67. The Morgan fingerprint density at radius 3 is 2.43 bits per heavy atom. The standard InChI is InChI=1S/C15H25N3O2S/c1-13(17-9-4-12-18-10-2-3-11-18)14-5-7-15(8-6-14)21(16,19)20/h5-8,13,17H,2-4,9-12H2,1H3,(H2,16,19,20). The normalized spacial score (nSPS) is 18.0. The number of nitrogens with two attached hydrogens (primary N) is 1. The molecule has 0 bridgehead atoms. The average molecular weight is 311 g/mol. The number of rotatable bonds is 7. The highest BCUT2D eigenvalue weighted by atomic mass is 32.2. The molecule has 2 rings (SSSR count). The van der Waals surface area contributed by atoms with E-state index in [4.69, 9.17) is 5.14 Å². The van der Waals surface area contributed by atoms with Gasteiger partial charge in [0.25, 0.3) is 0 Å². The molecule has 1 aromatic rings. The minimum absolute atomic E-state index is 0.160. The molecule has 1 fully saturated rings. The van der Waals surface area contributed by atoms with Crippen LogP contribution in [0, 0.1) is 0 Å². The molecule has 1 aliphatic heterocycles. The predicted octanol–water partition coefficient (Wildman–Crippen LogP) is 1.47. The van der Waals surface area contributed by atoms with Crippen molar-refractivity contribution in [2.24, 2.45) is 5.14 Å². The third kappa shape index (κ3) is 5.07. The van der Waals surface area contributed by atoms with E-state index in [-0.39, 0.29) is 10.9 Å². The first kappa shape index (κ1) is 16.4. The van der Waals surface area contributed by atoms with Crippen LogP contribution in [0.2, 0.25) is 0 Å². The number of nitrogens with one attached hydrogen (secondary N) is 1. The van der Waals surface area contributed by atoms with E-state index in [0.29, 0.717) is 0 Å². The Balaban J connectivity index is 1.76. The van der Waals surface area contributed by atoms with Crippen molar-refractivity contribution in [2.75, 3.05) is 26.2 Å². The molecule has 6 heteroatoms. The lowest BCUT2D eigenvalue weighted by Crippen LogP contribution is -2.26. The Bertz CT molecular complexity index is 537. The molecular formula is C15H25N3O2S. The van der Waals surface area contributed by atoms with Crippen molar-refractivity contribution < 1.29 is 8.42 Å². The van der Waals surface area contributed by atoms with Crippen molar-refractivity contribution in [2.45, 2.75) is 37.1 Å². The van der Waals surface area contributed by atoms with Crippen LogP contribution in [0.3, 0.4) is 0 Å². The highest BCUT2D eigenvalue weighted by Gasteiger charge is 2.11. The molecule has 1 heterocycles. The molecule has 0 aromatic heterocycles. The molecule has 0 amide bonds. The molecule has 0 spiro atoms. The van der Waals surface area contributed by atoms with Gasteiger partial charge in [-0.1, -0.05) is 12.1 Å². The number of primary sulfonamides is 1. The molecule has 1 saturated heterocycles. The van der Waals surface area contributed by atoms with Crippen LogP contribution in [-0.4, -0.2) is 39.5 Å². The van der Waals surface area contributed by atoms with E-state index >= 15 is 0 Å².